The number of aliphatic hydroxyl groups is 1. The molecule has 0 bridgehead atoms. The first-order valence-electron chi connectivity index (χ1n) is 5.69. The molecule has 0 fully saturated rings. The van der Waals surface area contributed by atoms with Gasteiger partial charge in [0.1, 0.15) is 11.9 Å². The lowest BCUT2D eigenvalue weighted by Crippen LogP contribution is -2.02. The van der Waals surface area contributed by atoms with Crippen LogP contribution in [0.15, 0.2) is 48.5 Å². The van der Waals surface area contributed by atoms with Crippen molar-refractivity contribution in [3.05, 3.63) is 69.8 Å². The van der Waals surface area contributed by atoms with E-state index < -0.39 is 11.0 Å². The topological polar surface area (TPSA) is 72.6 Å². The molecule has 1 unspecified atom stereocenters. The van der Waals surface area contributed by atoms with Crippen LogP contribution in [0.1, 0.15) is 17.2 Å². The number of hydrogen-bond acceptors (Lipinski definition) is 4. The van der Waals surface area contributed by atoms with E-state index in [1.165, 1.54) is 31.4 Å². The van der Waals surface area contributed by atoms with Gasteiger partial charge in [0.25, 0.3) is 5.69 Å². The number of methoxy groups -OCH3 is 1. The summed E-state index contributed by atoms with van der Waals surface area (Å²) in [4.78, 5) is 10.1. The highest BCUT2D eigenvalue weighted by Crippen LogP contribution is 2.30. The molecule has 0 saturated heterocycles. The van der Waals surface area contributed by atoms with Crippen molar-refractivity contribution < 1.29 is 14.8 Å². The number of nitro groups is 1. The smallest absolute Gasteiger partial charge is 0.269 e. The average Bonchev–Trinajstić information content (AvgIpc) is 2.46. The summed E-state index contributed by atoms with van der Waals surface area (Å²) in [6.45, 7) is 0. The molecule has 0 aliphatic rings. The molecule has 0 aromatic heterocycles. The molecule has 0 aliphatic carbocycles. The van der Waals surface area contributed by atoms with Gasteiger partial charge in [-0.25, -0.2) is 0 Å². The number of benzene rings is 2. The largest absolute Gasteiger partial charge is 0.496 e. The number of ether oxygens (including phenoxy) is 1. The Morgan fingerprint density at radius 1 is 1.16 bits per heavy atom. The maximum atomic E-state index is 10.6. The Bertz CT molecular complexity index is 580. The van der Waals surface area contributed by atoms with Crippen LogP contribution < -0.4 is 4.74 Å². The van der Waals surface area contributed by atoms with E-state index in [4.69, 9.17) is 4.74 Å². The number of nitrogens with zero attached hydrogens (tertiary/aromatic N) is 1. The van der Waals surface area contributed by atoms with Gasteiger partial charge in [-0.05, 0) is 23.8 Å². The zero-order valence-electron chi connectivity index (χ0n) is 10.3. The van der Waals surface area contributed by atoms with Gasteiger partial charge in [-0.15, -0.1) is 0 Å². The van der Waals surface area contributed by atoms with Gasteiger partial charge in [0.2, 0.25) is 0 Å². The summed E-state index contributed by atoms with van der Waals surface area (Å²) in [6, 6.07) is 12.9. The molecule has 0 spiro atoms. The van der Waals surface area contributed by atoms with Gasteiger partial charge >= 0.3 is 0 Å². The highest BCUT2D eigenvalue weighted by molar-refractivity contribution is 5.42. The van der Waals surface area contributed by atoms with Gasteiger partial charge in [-0.3, -0.25) is 10.1 Å². The first-order chi connectivity index (χ1) is 9.13. The maximum absolute atomic E-state index is 10.6. The number of para-hydroxylation sites is 1. The third-order valence-corrected chi connectivity index (χ3v) is 2.85. The second-order valence-electron chi connectivity index (χ2n) is 3.99. The van der Waals surface area contributed by atoms with E-state index in [-0.39, 0.29) is 5.69 Å². The lowest BCUT2D eigenvalue weighted by atomic mass is 10.0. The fourth-order valence-corrected chi connectivity index (χ4v) is 1.85. The highest BCUT2D eigenvalue weighted by Gasteiger charge is 2.16. The predicted molar refractivity (Wildman–Crippen MR) is 70.2 cm³/mol. The summed E-state index contributed by atoms with van der Waals surface area (Å²) < 4.78 is 5.18. The standard InChI is InChI=1S/C14H13NO4/c1-19-13-5-3-2-4-12(13)14(16)10-6-8-11(9-7-10)15(17)18/h2-9,14,16H,1H3. The zero-order valence-corrected chi connectivity index (χ0v) is 10.3. The van der Waals surface area contributed by atoms with Crippen LogP contribution in [-0.4, -0.2) is 17.1 Å². The first kappa shape index (κ1) is 13.0. The van der Waals surface area contributed by atoms with E-state index >= 15 is 0 Å². The minimum Gasteiger partial charge on any atom is -0.496 e. The second kappa shape index (κ2) is 5.49. The number of rotatable bonds is 4. The molecule has 2 aromatic carbocycles. The molecule has 0 amide bonds. The van der Waals surface area contributed by atoms with Crippen LogP contribution in [0.25, 0.3) is 0 Å². The van der Waals surface area contributed by atoms with Crippen molar-refractivity contribution in [2.75, 3.05) is 7.11 Å². The number of non-ortho nitro benzene ring substituents is 1. The molecule has 5 nitrogen and oxygen atoms in total. The van der Waals surface area contributed by atoms with Crippen LogP contribution in [0, 0.1) is 10.1 Å². The van der Waals surface area contributed by atoms with E-state index in [9.17, 15) is 15.2 Å². The number of hydrogen-bond donors (Lipinski definition) is 1. The van der Waals surface area contributed by atoms with E-state index in [0.29, 0.717) is 16.9 Å². The van der Waals surface area contributed by atoms with E-state index in [1.54, 1.807) is 18.2 Å². The predicted octanol–water partition coefficient (Wildman–Crippen LogP) is 2.69. The molecule has 0 aliphatic heterocycles. The SMILES string of the molecule is COc1ccccc1C(O)c1ccc([N+](=O)[O-])cc1. The molecule has 98 valence electrons. The number of nitro benzene ring substituents is 1. The summed E-state index contributed by atoms with van der Waals surface area (Å²) in [7, 11) is 1.53. The Morgan fingerprint density at radius 2 is 1.79 bits per heavy atom. The van der Waals surface area contributed by atoms with E-state index in [2.05, 4.69) is 0 Å². The number of aliphatic hydroxyl groups excluding tert-OH is 1. The zero-order chi connectivity index (χ0) is 13.8. The Labute approximate surface area is 110 Å². The Hall–Kier alpha value is -2.40. The molecular formula is C14H13NO4. The molecule has 1 atom stereocenters. The summed E-state index contributed by atoms with van der Waals surface area (Å²) in [5.41, 5.74) is 1.20. The van der Waals surface area contributed by atoms with Crippen LogP contribution >= 0.6 is 0 Å². The summed E-state index contributed by atoms with van der Waals surface area (Å²) in [6.07, 6.45) is -0.878. The Morgan fingerprint density at radius 3 is 2.37 bits per heavy atom. The van der Waals surface area contributed by atoms with Crippen LogP contribution in [-0.2, 0) is 0 Å². The molecule has 2 rings (SSSR count). The van der Waals surface area contributed by atoms with Gasteiger partial charge < -0.3 is 9.84 Å². The van der Waals surface area contributed by atoms with Crippen LogP contribution in [0.2, 0.25) is 0 Å². The van der Waals surface area contributed by atoms with Crippen molar-refractivity contribution in [1.29, 1.82) is 0 Å². The third kappa shape index (κ3) is 2.71. The fraction of sp³-hybridized carbons (Fsp3) is 0.143. The average molecular weight is 259 g/mol. The van der Waals surface area contributed by atoms with Crippen LogP contribution in [0.3, 0.4) is 0 Å². The molecule has 1 N–H and O–H groups in total. The molecule has 19 heavy (non-hydrogen) atoms. The van der Waals surface area contributed by atoms with Gasteiger partial charge in [0.05, 0.1) is 12.0 Å². The lowest BCUT2D eigenvalue weighted by Gasteiger charge is -2.14. The van der Waals surface area contributed by atoms with Gasteiger partial charge in [0.15, 0.2) is 0 Å². The second-order valence-corrected chi connectivity index (χ2v) is 3.99. The molecular weight excluding hydrogens is 246 g/mol. The fourth-order valence-electron chi connectivity index (χ4n) is 1.85. The maximum Gasteiger partial charge on any atom is 0.269 e. The van der Waals surface area contributed by atoms with E-state index in [0.717, 1.165) is 0 Å². The van der Waals surface area contributed by atoms with Gasteiger partial charge in [-0.2, -0.15) is 0 Å². The van der Waals surface area contributed by atoms with Crippen molar-refractivity contribution in [3.63, 3.8) is 0 Å². The molecule has 2 aromatic rings. The normalized spacial score (nSPS) is 11.9. The molecule has 0 saturated carbocycles. The quantitative estimate of drug-likeness (QED) is 0.676. The van der Waals surface area contributed by atoms with Crippen molar-refractivity contribution in [1.82, 2.24) is 0 Å². The Balaban J connectivity index is 2.33. The minimum atomic E-state index is -0.878. The summed E-state index contributed by atoms with van der Waals surface area (Å²) in [5, 5.41) is 20.9. The van der Waals surface area contributed by atoms with Crippen molar-refractivity contribution in [3.8, 4) is 5.75 Å². The van der Waals surface area contributed by atoms with Crippen LogP contribution in [0.5, 0.6) is 5.75 Å². The molecule has 0 radical (unpaired) electrons. The van der Waals surface area contributed by atoms with Crippen LogP contribution in [0.4, 0.5) is 5.69 Å². The lowest BCUT2D eigenvalue weighted by molar-refractivity contribution is -0.384. The first-order valence-corrected chi connectivity index (χ1v) is 5.69. The van der Waals surface area contributed by atoms with Gasteiger partial charge in [-0.1, -0.05) is 18.2 Å². The monoisotopic (exact) mass is 259 g/mol. The highest BCUT2D eigenvalue weighted by atomic mass is 16.6. The van der Waals surface area contributed by atoms with Crippen molar-refractivity contribution in [2.24, 2.45) is 0 Å². The van der Waals surface area contributed by atoms with E-state index in [1.807, 2.05) is 6.07 Å². The third-order valence-electron chi connectivity index (χ3n) is 2.85. The van der Waals surface area contributed by atoms with Crippen molar-refractivity contribution in [2.45, 2.75) is 6.10 Å². The minimum absolute atomic E-state index is 0.00373. The molecule has 5 heteroatoms. The Kier molecular flexibility index (Phi) is 3.77. The molecule has 0 heterocycles. The summed E-state index contributed by atoms with van der Waals surface area (Å²) >= 11 is 0. The van der Waals surface area contributed by atoms with Gasteiger partial charge in [0, 0.05) is 17.7 Å². The summed E-state index contributed by atoms with van der Waals surface area (Å²) in [5.74, 6) is 0.577. The van der Waals surface area contributed by atoms with Crippen molar-refractivity contribution >= 4 is 5.69 Å².